The van der Waals surface area contributed by atoms with E-state index in [1.54, 1.807) is 32.0 Å². The van der Waals surface area contributed by atoms with E-state index in [0.29, 0.717) is 27.6 Å². The lowest BCUT2D eigenvalue weighted by Crippen LogP contribution is -2.39. The predicted molar refractivity (Wildman–Crippen MR) is 134 cm³/mol. The molecule has 38 heavy (non-hydrogen) atoms. The molecule has 2 aromatic carbocycles. The zero-order valence-electron chi connectivity index (χ0n) is 20.4. The highest BCUT2D eigenvalue weighted by Crippen LogP contribution is 2.39. The monoisotopic (exact) mass is 539 g/mol. The average Bonchev–Trinajstić information content (AvgIpc) is 3.47. The minimum absolute atomic E-state index is 0.0589. The smallest absolute Gasteiger partial charge is 0.338 e. The first-order valence-corrected chi connectivity index (χ1v) is 12.2. The maximum absolute atomic E-state index is 13.7. The van der Waals surface area contributed by atoms with Crippen LogP contribution in [0.5, 0.6) is 23.0 Å². The number of hydrogen-bond acceptors (Lipinski definition) is 11. The van der Waals surface area contributed by atoms with Gasteiger partial charge in [0.2, 0.25) is 12.5 Å². The second-order valence-corrected chi connectivity index (χ2v) is 9.27. The number of nitrogens with zero attached hydrogens (tertiary/aromatic N) is 3. The van der Waals surface area contributed by atoms with E-state index in [9.17, 15) is 24.8 Å². The number of aromatic hydroxyl groups is 1. The zero-order chi connectivity index (χ0) is 27.1. The number of nitro benzene ring substituents is 1. The van der Waals surface area contributed by atoms with Gasteiger partial charge in [-0.1, -0.05) is 17.4 Å². The Morgan fingerprint density at radius 1 is 1.32 bits per heavy atom. The summed E-state index contributed by atoms with van der Waals surface area (Å²) in [5.74, 6) is -0.316. The van der Waals surface area contributed by atoms with Crippen LogP contribution in [0.4, 0.5) is 5.69 Å². The van der Waals surface area contributed by atoms with E-state index in [4.69, 9.17) is 18.9 Å². The number of benzene rings is 2. The number of methoxy groups -OCH3 is 1. The number of phenols is 1. The highest BCUT2D eigenvalue weighted by Gasteiger charge is 2.34. The Hall–Kier alpha value is -4.65. The summed E-state index contributed by atoms with van der Waals surface area (Å²) in [6.45, 7) is 3.54. The Labute approximate surface area is 218 Å². The number of fused-ring (bicyclic) bond motifs is 2. The molecule has 0 bridgehead atoms. The van der Waals surface area contributed by atoms with Crippen molar-refractivity contribution in [2.24, 2.45) is 4.99 Å². The fourth-order valence-electron chi connectivity index (χ4n) is 4.33. The maximum Gasteiger partial charge on any atom is 0.338 e. The Bertz CT molecular complexity index is 1700. The number of allylic oxidation sites excluding steroid dienone is 1. The summed E-state index contributed by atoms with van der Waals surface area (Å²) in [6.07, 6.45) is 1.44. The lowest BCUT2D eigenvalue weighted by molar-refractivity contribution is -0.386. The number of carbonyl (C=O) groups excluding carboxylic acids is 1. The quantitative estimate of drug-likeness (QED) is 0.282. The molecule has 3 heterocycles. The Morgan fingerprint density at radius 3 is 2.79 bits per heavy atom. The summed E-state index contributed by atoms with van der Waals surface area (Å²) in [4.78, 5) is 42.3. The fraction of sp³-hybridized carbons (Fsp3) is 0.240. The van der Waals surface area contributed by atoms with Crippen LogP contribution >= 0.6 is 11.3 Å². The van der Waals surface area contributed by atoms with Gasteiger partial charge in [-0.3, -0.25) is 19.5 Å². The first kappa shape index (κ1) is 25.0. The van der Waals surface area contributed by atoms with Crippen LogP contribution in [0, 0.1) is 10.1 Å². The number of rotatable bonds is 6. The summed E-state index contributed by atoms with van der Waals surface area (Å²) in [6, 6.07) is 6.79. The van der Waals surface area contributed by atoms with Gasteiger partial charge in [0.1, 0.15) is 0 Å². The number of esters is 1. The lowest BCUT2D eigenvalue weighted by atomic mass is 9.95. The number of thiazole rings is 1. The van der Waals surface area contributed by atoms with Gasteiger partial charge >= 0.3 is 11.7 Å². The minimum atomic E-state index is -0.870. The topological polar surface area (TPSA) is 152 Å². The van der Waals surface area contributed by atoms with Gasteiger partial charge in [0.05, 0.1) is 40.5 Å². The van der Waals surface area contributed by atoms with Crippen molar-refractivity contribution in [3.8, 4) is 23.0 Å². The zero-order valence-corrected chi connectivity index (χ0v) is 21.2. The van der Waals surface area contributed by atoms with Crippen LogP contribution in [0.15, 0.2) is 51.4 Å². The Balaban J connectivity index is 1.73. The molecule has 0 radical (unpaired) electrons. The maximum atomic E-state index is 13.7. The van der Waals surface area contributed by atoms with Crippen molar-refractivity contribution in [2.75, 3.05) is 20.5 Å². The molecule has 2 aliphatic heterocycles. The van der Waals surface area contributed by atoms with E-state index >= 15 is 0 Å². The van der Waals surface area contributed by atoms with Crippen LogP contribution in [-0.2, 0) is 9.53 Å². The molecule has 0 amide bonds. The van der Waals surface area contributed by atoms with Crippen molar-refractivity contribution < 1.29 is 33.8 Å². The first-order valence-electron chi connectivity index (χ1n) is 11.4. The third-order valence-electron chi connectivity index (χ3n) is 6.02. The molecule has 5 rings (SSSR count). The van der Waals surface area contributed by atoms with Crippen molar-refractivity contribution in [1.29, 1.82) is 0 Å². The molecular formula is C25H21N3O9S. The summed E-state index contributed by atoms with van der Waals surface area (Å²) in [5.41, 5.74) is 0.397. The van der Waals surface area contributed by atoms with Gasteiger partial charge in [0.15, 0.2) is 22.0 Å². The van der Waals surface area contributed by atoms with E-state index in [0.717, 1.165) is 17.4 Å². The summed E-state index contributed by atoms with van der Waals surface area (Å²) in [5, 5.41) is 21.5. The second kappa shape index (κ2) is 9.67. The molecule has 12 nitrogen and oxygen atoms in total. The largest absolute Gasteiger partial charge is 0.500 e. The third kappa shape index (κ3) is 4.16. The molecule has 0 saturated carbocycles. The SMILES string of the molecule is CCOC(=O)C1=C(C)N=c2s/c(=C\c3cc(OC)c(O)c([N+](=O)[O-])c3)c(=O)n2[C@@H]1c1ccc2c(c1)OCO2. The van der Waals surface area contributed by atoms with E-state index in [1.165, 1.54) is 23.8 Å². The highest BCUT2D eigenvalue weighted by molar-refractivity contribution is 7.07. The average molecular weight is 540 g/mol. The first-order chi connectivity index (χ1) is 18.2. The number of hydrogen-bond donors (Lipinski definition) is 1. The molecular weight excluding hydrogens is 518 g/mol. The molecule has 0 aliphatic carbocycles. The molecule has 3 aromatic rings. The van der Waals surface area contributed by atoms with E-state index < -0.39 is 33.9 Å². The summed E-state index contributed by atoms with van der Waals surface area (Å²) in [7, 11) is 1.27. The number of ether oxygens (including phenoxy) is 4. The second-order valence-electron chi connectivity index (χ2n) is 8.26. The highest BCUT2D eigenvalue weighted by atomic mass is 32.1. The number of aromatic nitrogens is 1. The van der Waals surface area contributed by atoms with E-state index in [1.807, 2.05) is 0 Å². The molecule has 1 N–H and O–H groups in total. The van der Waals surface area contributed by atoms with Gasteiger partial charge in [-0.2, -0.15) is 0 Å². The van der Waals surface area contributed by atoms with Crippen LogP contribution < -0.4 is 29.1 Å². The van der Waals surface area contributed by atoms with Gasteiger partial charge < -0.3 is 24.1 Å². The van der Waals surface area contributed by atoms with Crippen LogP contribution in [0.3, 0.4) is 0 Å². The Kier molecular flexibility index (Phi) is 6.36. The van der Waals surface area contributed by atoms with Crippen molar-refractivity contribution >= 4 is 29.1 Å². The third-order valence-corrected chi connectivity index (χ3v) is 7.00. The number of nitro groups is 1. The van der Waals surface area contributed by atoms with Crippen LogP contribution in [0.1, 0.15) is 31.0 Å². The predicted octanol–water partition coefficient (Wildman–Crippen LogP) is 2.15. The molecule has 1 aromatic heterocycles. The fourth-order valence-corrected chi connectivity index (χ4v) is 5.38. The van der Waals surface area contributed by atoms with Gasteiger partial charge in [-0.25, -0.2) is 9.79 Å². The van der Waals surface area contributed by atoms with Gasteiger partial charge in [0, 0.05) is 6.07 Å². The Morgan fingerprint density at radius 2 is 2.08 bits per heavy atom. The molecule has 0 fully saturated rings. The molecule has 1 atom stereocenters. The lowest BCUT2D eigenvalue weighted by Gasteiger charge is -2.24. The number of carbonyl (C=O) groups is 1. The molecule has 2 aliphatic rings. The van der Waals surface area contributed by atoms with Crippen molar-refractivity contribution in [1.82, 2.24) is 4.57 Å². The van der Waals surface area contributed by atoms with Crippen LogP contribution in [0.2, 0.25) is 0 Å². The van der Waals surface area contributed by atoms with Crippen molar-refractivity contribution in [3.63, 3.8) is 0 Å². The standard InChI is InChI=1S/C25H21N3O9S/c1-4-35-24(31)20-12(2)26-25-27(21(20)14-5-6-16-17(10-14)37-11-36-16)23(30)19(38-25)9-13-7-15(28(32)33)22(29)18(8-13)34-3/h5-10,21,29H,4,11H2,1-3H3/b19-9-/t21-/m1/s1. The molecule has 196 valence electrons. The van der Waals surface area contributed by atoms with Crippen molar-refractivity contribution in [2.45, 2.75) is 19.9 Å². The number of phenolic OH excluding ortho intramolecular Hbond substituents is 1. The van der Waals surface area contributed by atoms with Gasteiger partial charge in [0.25, 0.3) is 5.56 Å². The van der Waals surface area contributed by atoms with Crippen LogP contribution in [-0.4, -0.2) is 41.1 Å². The normalized spacial score (nSPS) is 16.2. The van der Waals surface area contributed by atoms with Crippen LogP contribution in [0.25, 0.3) is 6.08 Å². The van der Waals surface area contributed by atoms with Gasteiger partial charge in [-0.15, -0.1) is 0 Å². The molecule has 13 heteroatoms. The minimum Gasteiger partial charge on any atom is -0.500 e. The molecule has 0 saturated heterocycles. The summed E-state index contributed by atoms with van der Waals surface area (Å²) < 4.78 is 22.9. The van der Waals surface area contributed by atoms with E-state index in [-0.39, 0.29) is 34.8 Å². The van der Waals surface area contributed by atoms with E-state index in [2.05, 4.69) is 4.99 Å². The van der Waals surface area contributed by atoms with Gasteiger partial charge in [-0.05, 0) is 49.2 Å². The summed E-state index contributed by atoms with van der Waals surface area (Å²) >= 11 is 1.06. The molecule has 0 unspecified atom stereocenters. The molecule has 0 spiro atoms. The van der Waals surface area contributed by atoms with Crippen molar-refractivity contribution in [3.05, 3.63) is 82.5 Å².